The molecule has 3 unspecified atom stereocenters. The van der Waals surface area contributed by atoms with Crippen molar-refractivity contribution in [3.05, 3.63) is 82.3 Å². The molecule has 8 atom stereocenters. The number of alkyl carbamates (subject to hydrolysis) is 2. The number of imidazole rings is 2. The summed E-state index contributed by atoms with van der Waals surface area (Å²) in [5, 5.41) is 7.50. The maximum Gasteiger partial charge on any atom is 0.407 e. The van der Waals surface area contributed by atoms with Gasteiger partial charge in [0.05, 0.1) is 89.0 Å². The zero-order valence-electron chi connectivity index (χ0n) is 44.1. The van der Waals surface area contributed by atoms with Crippen LogP contribution >= 0.6 is 11.3 Å². The van der Waals surface area contributed by atoms with Gasteiger partial charge in [0.2, 0.25) is 18.0 Å². The summed E-state index contributed by atoms with van der Waals surface area (Å²) in [7, 11) is 2.57. The second-order valence-electron chi connectivity index (χ2n) is 22.0. The largest absolute Gasteiger partial charge is 0.464 e. The Hall–Kier alpha value is -6.80. The van der Waals surface area contributed by atoms with Gasteiger partial charge in [0.15, 0.2) is 0 Å². The summed E-state index contributed by atoms with van der Waals surface area (Å²) in [6, 6.07) is 9.23. The molecule has 18 nitrogen and oxygen atoms in total. The van der Waals surface area contributed by atoms with Crippen molar-refractivity contribution in [3.63, 3.8) is 0 Å². The highest BCUT2D eigenvalue weighted by Crippen LogP contribution is 2.50. The topological polar surface area (TPSA) is 211 Å². The van der Waals surface area contributed by atoms with Crippen LogP contribution in [0.3, 0.4) is 0 Å². The number of H-pyrrole nitrogens is 2. The Balaban J connectivity index is 0.909. The van der Waals surface area contributed by atoms with Crippen molar-refractivity contribution in [1.82, 2.24) is 49.9 Å². The standard InChI is InChI=1S/C56H67FN10O8S/c1-29(2)46(63-54(70)72-6)50(68)65-18-10-12-40(65)49-59-27-38(62-49)33-23-36(57)45-42-24-34-22-32(14-15-39(34)67(42)52(75-43(45)25-33)44-28-60-53(76-44)56(5)16-8-9-17-56)37-26-58-48(61-37)41-13-11-19-66(41)51(69)47(64-55(71)73-7)35-20-30(3)74-31(4)21-35/h14-15,22-31,35,40-41,46-47,52H,8-13,16-21H2,1-7H3,(H,58,61)(H,59,62)(H,63,70)(H,64,71)/t30-,31+,35?,40-,41-,46-,47?,52?/m0/s1. The fourth-order valence-corrected chi connectivity index (χ4v) is 13.8. The molecule has 4 aliphatic heterocycles. The Labute approximate surface area is 444 Å². The zero-order valence-corrected chi connectivity index (χ0v) is 44.9. The van der Waals surface area contributed by atoms with Crippen LogP contribution in [0.2, 0.25) is 0 Å². The minimum atomic E-state index is -0.778. The minimum absolute atomic E-state index is 0.0216. The molecule has 4 amide bonds. The van der Waals surface area contributed by atoms with Crippen LogP contribution in [-0.4, -0.2) is 115 Å². The molecule has 3 saturated heterocycles. The average molecular weight is 1060 g/mol. The number of hydrogen-bond acceptors (Lipinski definition) is 12. The molecule has 20 heteroatoms. The maximum atomic E-state index is 17.1. The van der Waals surface area contributed by atoms with Crippen molar-refractivity contribution < 1.29 is 42.5 Å². The number of benzene rings is 2. The molecule has 402 valence electrons. The average Bonchev–Trinajstić information content (AvgIpc) is 4.28. The molecular weight excluding hydrogens is 992 g/mol. The second-order valence-corrected chi connectivity index (χ2v) is 23.1. The number of nitrogens with one attached hydrogen (secondary N) is 4. The summed E-state index contributed by atoms with van der Waals surface area (Å²) in [6.07, 6.45) is 11.9. The van der Waals surface area contributed by atoms with Gasteiger partial charge in [-0.25, -0.2) is 28.9 Å². The first-order valence-corrected chi connectivity index (χ1v) is 27.6. The Kier molecular flexibility index (Phi) is 13.9. The first-order chi connectivity index (χ1) is 36.6. The van der Waals surface area contributed by atoms with Crippen LogP contribution in [0, 0.1) is 17.7 Å². The monoisotopic (exact) mass is 1060 g/mol. The molecular formula is C56H67FN10O8S. The van der Waals surface area contributed by atoms with Gasteiger partial charge in [0.25, 0.3) is 0 Å². The van der Waals surface area contributed by atoms with Gasteiger partial charge in [-0.05, 0) is 107 Å². The number of aromatic amines is 2. The number of halogens is 1. The van der Waals surface area contributed by atoms with Crippen LogP contribution < -0.4 is 15.4 Å². The number of aromatic nitrogens is 6. The Morgan fingerprint density at radius 3 is 2.08 bits per heavy atom. The van der Waals surface area contributed by atoms with Crippen molar-refractivity contribution in [2.24, 2.45) is 11.8 Å². The molecule has 0 bridgehead atoms. The van der Waals surface area contributed by atoms with Gasteiger partial charge >= 0.3 is 12.2 Å². The number of hydrogen-bond donors (Lipinski definition) is 4. The summed E-state index contributed by atoms with van der Waals surface area (Å²) in [6.45, 7) is 11.1. The van der Waals surface area contributed by atoms with E-state index >= 15 is 4.39 Å². The highest BCUT2D eigenvalue weighted by atomic mass is 32.1. The molecule has 4 N–H and O–H groups in total. The SMILES string of the molecule is COC(=O)NC(C(=O)N1CCC[C@H]1c1ncc(-c2ccc3c(c2)cc2n3C(c3cnc(C4(C)CCCC4)s3)Oc3cc(-c4cnc([C@@H]5CCCN5C(=O)[C@@H](NC(=O)OC)C(C)C)[nH]4)cc(F)c3-2)[nH]1)C1C[C@@H](C)O[C@@H](C)C1. The number of thiazole rings is 1. The lowest BCUT2D eigenvalue weighted by Gasteiger charge is -2.38. The zero-order chi connectivity index (χ0) is 53.2. The molecule has 1 aliphatic carbocycles. The molecule has 6 aromatic rings. The summed E-state index contributed by atoms with van der Waals surface area (Å²) < 4.78 is 42.0. The third-order valence-corrected chi connectivity index (χ3v) is 17.8. The molecule has 2 aromatic carbocycles. The van der Waals surface area contributed by atoms with Crippen molar-refractivity contribution in [2.75, 3.05) is 27.3 Å². The van der Waals surface area contributed by atoms with E-state index in [1.54, 1.807) is 28.6 Å². The number of amides is 4. The Morgan fingerprint density at radius 2 is 1.43 bits per heavy atom. The van der Waals surface area contributed by atoms with E-state index in [1.165, 1.54) is 20.3 Å². The van der Waals surface area contributed by atoms with Crippen LogP contribution in [0.25, 0.3) is 44.7 Å². The highest BCUT2D eigenvalue weighted by Gasteiger charge is 2.43. The van der Waals surface area contributed by atoms with Gasteiger partial charge in [-0.3, -0.25) is 14.2 Å². The van der Waals surface area contributed by atoms with Crippen LogP contribution in [0.1, 0.15) is 139 Å². The number of ether oxygens (including phenoxy) is 4. The molecule has 76 heavy (non-hydrogen) atoms. The van der Waals surface area contributed by atoms with E-state index in [1.807, 2.05) is 63.1 Å². The third-order valence-electron chi connectivity index (χ3n) is 16.5. The van der Waals surface area contributed by atoms with Crippen LogP contribution in [0.15, 0.2) is 55.0 Å². The van der Waals surface area contributed by atoms with Gasteiger partial charge in [0, 0.05) is 41.2 Å². The van der Waals surface area contributed by atoms with Gasteiger partial charge in [-0.1, -0.05) is 39.7 Å². The van der Waals surface area contributed by atoms with E-state index < -0.39 is 36.3 Å². The number of nitrogens with zero attached hydrogens (tertiary/aromatic N) is 6. The van der Waals surface area contributed by atoms with Gasteiger partial charge < -0.3 is 49.3 Å². The van der Waals surface area contributed by atoms with E-state index in [4.69, 9.17) is 33.9 Å². The lowest BCUT2D eigenvalue weighted by atomic mass is 9.85. The lowest BCUT2D eigenvalue weighted by molar-refractivity contribution is -0.138. The van der Waals surface area contributed by atoms with E-state index in [9.17, 15) is 19.2 Å². The highest BCUT2D eigenvalue weighted by molar-refractivity contribution is 7.11. The Bertz CT molecular complexity index is 3170. The molecule has 0 spiro atoms. The van der Waals surface area contributed by atoms with Crippen molar-refractivity contribution in [1.29, 1.82) is 0 Å². The molecule has 5 aliphatic rings. The summed E-state index contributed by atoms with van der Waals surface area (Å²) in [5.41, 5.74) is 4.54. The predicted octanol–water partition coefficient (Wildman–Crippen LogP) is 10.1. The summed E-state index contributed by atoms with van der Waals surface area (Å²) >= 11 is 1.65. The van der Waals surface area contributed by atoms with E-state index in [0.717, 1.165) is 70.6 Å². The smallest absolute Gasteiger partial charge is 0.407 e. The summed E-state index contributed by atoms with van der Waals surface area (Å²) in [5.74, 6) is 0.446. The summed E-state index contributed by atoms with van der Waals surface area (Å²) in [4.78, 5) is 79.2. The number of carbonyl (C=O) groups excluding carboxylic acids is 4. The van der Waals surface area contributed by atoms with Crippen molar-refractivity contribution in [2.45, 2.75) is 147 Å². The van der Waals surface area contributed by atoms with Crippen LogP contribution in [0.4, 0.5) is 14.0 Å². The van der Waals surface area contributed by atoms with E-state index in [2.05, 4.69) is 38.2 Å². The fraction of sp³-hybridized carbons (Fsp3) is 0.518. The Morgan fingerprint density at radius 1 is 0.803 bits per heavy atom. The van der Waals surface area contributed by atoms with Crippen LogP contribution in [0.5, 0.6) is 5.75 Å². The predicted molar refractivity (Wildman–Crippen MR) is 283 cm³/mol. The number of methoxy groups -OCH3 is 2. The quantitative estimate of drug-likeness (QED) is 0.0906. The molecule has 0 radical (unpaired) electrons. The first kappa shape index (κ1) is 51.3. The molecule has 8 heterocycles. The van der Waals surface area contributed by atoms with Gasteiger partial charge in [-0.15, -0.1) is 11.3 Å². The third kappa shape index (κ3) is 9.49. The van der Waals surface area contributed by atoms with Crippen molar-refractivity contribution >= 4 is 46.2 Å². The molecule has 4 aromatic heterocycles. The number of rotatable bonds is 12. The van der Waals surface area contributed by atoms with Gasteiger partial charge in [0.1, 0.15) is 35.3 Å². The fourth-order valence-electron chi connectivity index (χ4n) is 12.6. The number of carbonyl (C=O) groups is 4. The number of likely N-dealkylation sites (tertiary alicyclic amines) is 2. The van der Waals surface area contributed by atoms with Crippen molar-refractivity contribution in [3.8, 4) is 39.5 Å². The normalized spacial score (nSPS) is 23.8. The van der Waals surface area contributed by atoms with Crippen LogP contribution in [-0.2, 0) is 29.2 Å². The van der Waals surface area contributed by atoms with E-state index in [0.29, 0.717) is 78.7 Å². The molecule has 11 rings (SSSR count). The van der Waals surface area contributed by atoms with E-state index in [-0.39, 0.29) is 53.4 Å². The molecule has 1 saturated carbocycles. The first-order valence-electron chi connectivity index (χ1n) is 26.8. The number of fused-ring (bicyclic) bond motifs is 5. The maximum absolute atomic E-state index is 17.1. The minimum Gasteiger partial charge on any atom is -0.464 e. The second kappa shape index (κ2) is 20.6. The molecule has 4 fully saturated rings. The lowest BCUT2D eigenvalue weighted by Crippen LogP contribution is -2.54. The van der Waals surface area contributed by atoms with Gasteiger partial charge in [-0.2, -0.15) is 0 Å².